The first-order valence-corrected chi connectivity index (χ1v) is 17.2. The summed E-state index contributed by atoms with van der Waals surface area (Å²) in [7, 11) is 0. The molecule has 49 heavy (non-hydrogen) atoms. The molecule has 4 aromatic carbocycles. The minimum atomic E-state index is 0.205. The van der Waals surface area contributed by atoms with Gasteiger partial charge in [0.05, 0.1) is 28.9 Å². The number of rotatable bonds is 2. The van der Waals surface area contributed by atoms with E-state index in [2.05, 4.69) is 144 Å². The number of para-hydroxylation sites is 1. The van der Waals surface area contributed by atoms with Gasteiger partial charge < -0.3 is 0 Å². The van der Waals surface area contributed by atoms with Gasteiger partial charge >= 0.3 is 0 Å². The van der Waals surface area contributed by atoms with Crippen molar-refractivity contribution in [3.8, 4) is 22.4 Å². The van der Waals surface area contributed by atoms with Crippen molar-refractivity contribution in [2.75, 3.05) is 0 Å². The molecule has 0 N–H and O–H groups in total. The third-order valence-corrected chi connectivity index (χ3v) is 10.9. The smallest absolute Gasteiger partial charge is 0.213 e. The number of benzene rings is 4. The third-order valence-electron chi connectivity index (χ3n) is 10.9. The van der Waals surface area contributed by atoms with Crippen molar-refractivity contribution in [2.24, 2.45) is 4.99 Å². The van der Waals surface area contributed by atoms with E-state index in [9.17, 15) is 0 Å². The van der Waals surface area contributed by atoms with Crippen LogP contribution in [0.2, 0.25) is 0 Å². The maximum Gasteiger partial charge on any atom is 0.213 e. The zero-order valence-corrected chi connectivity index (χ0v) is 27.5. The van der Waals surface area contributed by atoms with Crippen molar-refractivity contribution < 1.29 is 4.57 Å². The molecule has 4 aromatic heterocycles. The first kappa shape index (κ1) is 28.2. The van der Waals surface area contributed by atoms with E-state index in [1.807, 2.05) is 6.08 Å². The van der Waals surface area contributed by atoms with Gasteiger partial charge in [-0.25, -0.2) is 4.98 Å². The van der Waals surface area contributed by atoms with Crippen molar-refractivity contribution in [2.45, 2.75) is 38.1 Å². The van der Waals surface area contributed by atoms with Crippen LogP contribution in [0.25, 0.3) is 60.6 Å². The zero-order valence-electron chi connectivity index (χ0n) is 27.5. The molecule has 2 unspecified atom stereocenters. The van der Waals surface area contributed by atoms with Gasteiger partial charge in [-0.1, -0.05) is 79.9 Å². The normalized spacial score (nSPS) is 17.5. The van der Waals surface area contributed by atoms with Crippen molar-refractivity contribution in [1.82, 2.24) is 9.38 Å². The summed E-state index contributed by atoms with van der Waals surface area (Å²) in [5.41, 5.74) is 14.9. The summed E-state index contributed by atoms with van der Waals surface area (Å²) in [5.74, 6) is 0.292. The number of pyridine rings is 2. The van der Waals surface area contributed by atoms with Crippen LogP contribution in [0, 0.1) is 6.92 Å². The van der Waals surface area contributed by atoms with Crippen molar-refractivity contribution in [3.63, 3.8) is 0 Å². The van der Waals surface area contributed by atoms with E-state index in [4.69, 9.17) is 9.98 Å². The molecule has 0 spiro atoms. The number of aryl methyl sites for hydroxylation is 2. The van der Waals surface area contributed by atoms with Gasteiger partial charge in [-0.15, -0.1) is 0 Å². The van der Waals surface area contributed by atoms with E-state index in [0.717, 1.165) is 53.0 Å². The van der Waals surface area contributed by atoms with E-state index in [0.29, 0.717) is 5.92 Å². The van der Waals surface area contributed by atoms with Crippen LogP contribution >= 0.6 is 0 Å². The summed E-state index contributed by atoms with van der Waals surface area (Å²) in [5, 5.41) is 4.85. The van der Waals surface area contributed by atoms with Crippen molar-refractivity contribution >= 4 is 43.9 Å². The molecule has 0 amide bonds. The first-order chi connectivity index (χ1) is 24.1. The molecule has 8 aromatic rings. The second-order valence-electron chi connectivity index (χ2n) is 13.8. The molecular weight excluding hydrogens is 597 g/mol. The molecule has 10 rings (SSSR count). The van der Waals surface area contributed by atoms with Crippen molar-refractivity contribution in [3.05, 3.63) is 163 Å². The van der Waals surface area contributed by atoms with E-state index in [1.54, 1.807) is 0 Å². The number of nitrogens with zero attached hydrogens (tertiary/aromatic N) is 4. The lowest BCUT2D eigenvalue weighted by Gasteiger charge is -2.31. The lowest BCUT2D eigenvalue weighted by atomic mass is 9.78. The summed E-state index contributed by atoms with van der Waals surface area (Å²) in [4.78, 5) is 10.8. The van der Waals surface area contributed by atoms with Crippen LogP contribution in [0.15, 0.2) is 145 Å². The van der Waals surface area contributed by atoms with Gasteiger partial charge in [0.25, 0.3) is 0 Å². The highest BCUT2D eigenvalue weighted by atomic mass is 15.0. The molecule has 2 aliphatic heterocycles. The maximum atomic E-state index is 5.61. The molecular formula is C45H35N4+. The van der Waals surface area contributed by atoms with E-state index >= 15 is 0 Å². The van der Waals surface area contributed by atoms with Gasteiger partial charge in [0.1, 0.15) is 5.65 Å². The molecule has 4 heteroatoms. The van der Waals surface area contributed by atoms with Gasteiger partial charge in [0.2, 0.25) is 5.69 Å². The van der Waals surface area contributed by atoms with E-state index in [-0.39, 0.29) is 6.04 Å². The maximum absolute atomic E-state index is 5.61. The zero-order chi connectivity index (χ0) is 32.8. The third kappa shape index (κ3) is 4.13. The van der Waals surface area contributed by atoms with Gasteiger partial charge in [-0.3, -0.25) is 9.39 Å². The Morgan fingerprint density at radius 1 is 0.796 bits per heavy atom. The fourth-order valence-electron chi connectivity index (χ4n) is 8.78. The van der Waals surface area contributed by atoms with E-state index in [1.165, 1.54) is 60.7 Å². The summed E-state index contributed by atoms with van der Waals surface area (Å²) < 4.78 is 4.87. The molecule has 2 atom stereocenters. The number of fused-ring (bicyclic) bond motifs is 13. The number of allylic oxidation sites excluding steroid dienone is 2. The van der Waals surface area contributed by atoms with Crippen LogP contribution in [0.4, 0.5) is 0 Å². The molecule has 4 nitrogen and oxygen atoms in total. The molecule has 234 valence electrons. The Hall–Kier alpha value is -5.87. The van der Waals surface area contributed by atoms with Gasteiger partial charge in [-0.2, -0.15) is 4.57 Å². The van der Waals surface area contributed by atoms with Crippen LogP contribution in [0.5, 0.6) is 0 Å². The highest BCUT2D eigenvalue weighted by Crippen LogP contribution is 2.45. The molecule has 0 saturated heterocycles. The van der Waals surface area contributed by atoms with Crippen LogP contribution in [0.3, 0.4) is 0 Å². The summed E-state index contributed by atoms with van der Waals surface area (Å²) in [6.07, 6.45) is 6.75. The minimum Gasteiger partial charge on any atom is -0.293 e. The Morgan fingerprint density at radius 3 is 2.43 bits per heavy atom. The number of aromatic nitrogens is 3. The van der Waals surface area contributed by atoms with Crippen molar-refractivity contribution in [1.29, 1.82) is 0 Å². The highest BCUT2D eigenvalue weighted by Gasteiger charge is 2.40. The molecule has 0 aliphatic carbocycles. The quantitative estimate of drug-likeness (QED) is 0.175. The van der Waals surface area contributed by atoms with Crippen LogP contribution in [0.1, 0.15) is 47.2 Å². The molecule has 0 fully saturated rings. The topological polar surface area (TPSA) is 33.5 Å². The minimum absolute atomic E-state index is 0.205. The second kappa shape index (κ2) is 10.6. The largest absolute Gasteiger partial charge is 0.293 e. The monoisotopic (exact) mass is 631 g/mol. The van der Waals surface area contributed by atoms with Crippen LogP contribution in [-0.4, -0.2) is 15.1 Å². The number of hydrogen-bond donors (Lipinski definition) is 0. The fraction of sp³-hybridized carbons (Fsp3) is 0.133. The molecule has 2 aliphatic rings. The number of hydrogen-bond acceptors (Lipinski definition) is 2. The van der Waals surface area contributed by atoms with Gasteiger partial charge in [0, 0.05) is 55.9 Å². The Kier molecular flexibility index (Phi) is 6.07. The number of aliphatic imine (C=N–C) groups is 1. The molecule has 0 radical (unpaired) electrons. The molecule has 0 saturated carbocycles. The lowest BCUT2D eigenvalue weighted by molar-refractivity contribution is -0.718. The van der Waals surface area contributed by atoms with Gasteiger partial charge in [0.15, 0.2) is 12.2 Å². The van der Waals surface area contributed by atoms with E-state index < -0.39 is 0 Å². The van der Waals surface area contributed by atoms with Gasteiger partial charge in [-0.05, 0) is 78.9 Å². The summed E-state index contributed by atoms with van der Waals surface area (Å²) in [6, 6.07) is 40.1. The Labute approximate surface area is 285 Å². The highest BCUT2D eigenvalue weighted by molar-refractivity contribution is 6.25. The Morgan fingerprint density at radius 2 is 1.57 bits per heavy atom. The predicted molar refractivity (Wildman–Crippen MR) is 202 cm³/mol. The lowest BCUT2D eigenvalue weighted by Crippen LogP contribution is -2.48. The summed E-state index contributed by atoms with van der Waals surface area (Å²) in [6.45, 7) is 11.0. The summed E-state index contributed by atoms with van der Waals surface area (Å²) >= 11 is 0. The van der Waals surface area contributed by atoms with Crippen LogP contribution < -0.4 is 4.57 Å². The fourth-order valence-corrected chi connectivity index (χ4v) is 8.78. The first-order valence-electron chi connectivity index (χ1n) is 17.2. The predicted octanol–water partition coefficient (Wildman–Crippen LogP) is 10.3. The second-order valence-corrected chi connectivity index (χ2v) is 13.8. The average Bonchev–Trinajstić information content (AvgIpc) is 3.64. The average molecular weight is 632 g/mol. The molecule has 0 bridgehead atoms. The van der Waals surface area contributed by atoms with Crippen LogP contribution in [-0.2, 0) is 6.42 Å². The Bertz CT molecular complexity index is 2690. The Balaban J connectivity index is 1.23. The molecule has 6 heterocycles. The standard InChI is InChI=1S/C45H35N4/c1-4-39-38-25-37-36-24-30(29-12-6-5-7-13-29)23-35-33-16-10-11-17-42(33)49(44(35)36)45(37)47-40(38)20-19-34-31-14-8-9-15-32(31)41-21-18-27(2)26-48(41)43(34)22-28(3)46-39/h4-18,21,23-26,34,43H,1,3,19-20,22H2,2H3/q+1. The SMILES string of the molecule is C=CC1=NC(=C)CC2C(CCc3nc4c(cc31)c1cc(-c3ccccc3)cc3c5ccccc5n4c31)c1ccccc1-c1ccc(C)c[n+]12.